The Morgan fingerprint density at radius 3 is 2.65 bits per heavy atom. The van der Waals surface area contributed by atoms with Crippen molar-refractivity contribution in [3.05, 3.63) is 29.1 Å². The highest BCUT2D eigenvalue weighted by Crippen LogP contribution is 2.27. The highest BCUT2D eigenvalue weighted by atomic mass is 32.2. The Morgan fingerprint density at radius 2 is 2.10 bits per heavy atom. The molecule has 3 N–H and O–H groups in total. The molecule has 112 valence electrons. The third kappa shape index (κ3) is 3.02. The van der Waals surface area contributed by atoms with Crippen molar-refractivity contribution < 1.29 is 12.8 Å². The molecule has 1 aliphatic carbocycles. The molecular weight excluding hydrogens is 279 g/mol. The average molecular weight is 300 g/mol. The van der Waals surface area contributed by atoms with Crippen LogP contribution in [0.4, 0.5) is 4.39 Å². The predicted octanol–water partition coefficient (Wildman–Crippen LogP) is 2.06. The fraction of sp³-hybridized carbons (Fsp3) is 0.571. The summed E-state index contributed by atoms with van der Waals surface area (Å²) in [6.45, 7) is 3.62. The quantitative estimate of drug-likeness (QED) is 0.894. The molecule has 6 heteroatoms. The molecule has 0 spiro atoms. The topological polar surface area (TPSA) is 72.2 Å². The van der Waals surface area contributed by atoms with E-state index in [1.54, 1.807) is 0 Å². The first-order chi connectivity index (χ1) is 9.35. The van der Waals surface area contributed by atoms with Crippen molar-refractivity contribution in [2.45, 2.75) is 50.6 Å². The van der Waals surface area contributed by atoms with Crippen molar-refractivity contribution in [2.75, 3.05) is 0 Å². The van der Waals surface area contributed by atoms with Gasteiger partial charge in [-0.15, -0.1) is 0 Å². The molecule has 0 saturated heterocycles. The van der Waals surface area contributed by atoms with Crippen LogP contribution in [0.3, 0.4) is 0 Å². The van der Waals surface area contributed by atoms with Gasteiger partial charge < -0.3 is 5.73 Å². The summed E-state index contributed by atoms with van der Waals surface area (Å²) in [6.07, 6.45) is 2.87. The van der Waals surface area contributed by atoms with Gasteiger partial charge in [-0.25, -0.2) is 17.5 Å². The number of nitrogens with two attached hydrogens (primary N) is 1. The van der Waals surface area contributed by atoms with Crippen molar-refractivity contribution in [1.29, 1.82) is 0 Å². The van der Waals surface area contributed by atoms with Gasteiger partial charge in [-0.3, -0.25) is 0 Å². The number of hydrogen-bond acceptors (Lipinski definition) is 3. The fourth-order valence-electron chi connectivity index (χ4n) is 2.69. The van der Waals surface area contributed by atoms with Crippen LogP contribution in [0, 0.1) is 18.7 Å². The predicted molar refractivity (Wildman–Crippen MR) is 76.2 cm³/mol. The lowest BCUT2D eigenvalue weighted by Gasteiger charge is -2.19. The molecule has 2 atom stereocenters. The van der Waals surface area contributed by atoms with Crippen molar-refractivity contribution >= 4 is 10.0 Å². The summed E-state index contributed by atoms with van der Waals surface area (Å²) in [5.41, 5.74) is 6.10. The van der Waals surface area contributed by atoms with E-state index in [9.17, 15) is 12.8 Å². The molecule has 2 rings (SSSR count). The molecule has 1 aliphatic rings. The van der Waals surface area contributed by atoms with Gasteiger partial charge in [0.25, 0.3) is 0 Å². The first kappa shape index (κ1) is 15.4. The number of benzene rings is 1. The van der Waals surface area contributed by atoms with Crippen LogP contribution in [0.15, 0.2) is 17.0 Å². The van der Waals surface area contributed by atoms with E-state index in [4.69, 9.17) is 5.73 Å². The molecule has 0 aliphatic heterocycles. The number of nitrogens with one attached hydrogen (secondary N) is 1. The van der Waals surface area contributed by atoms with Crippen molar-refractivity contribution in [2.24, 2.45) is 11.7 Å². The summed E-state index contributed by atoms with van der Waals surface area (Å²) in [4.78, 5) is -0.00273. The summed E-state index contributed by atoms with van der Waals surface area (Å²) in [6, 6.07) is 2.68. The van der Waals surface area contributed by atoms with Gasteiger partial charge in [0.15, 0.2) is 0 Å². The highest BCUT2D eigenvalue weighted by Gasteiger charge is 2.29. The van der Waals surface area contributed by atoms with Crippen LogP contribution in [-0.4, -0.2) is 14.5 Å². The maximum absolute atomic E-state index is 13.8. The zero-order valence-corrected chi connectivity index (χ0v) is 12.6. The van der Waals surface area contributed by atoms with Crippen LogP contribution in [-0.2, 0) is 16.6 Å². The minimum Gasteiger partial charge on any atom is -0.326 e. The minimum absolute atomic E-state index is 0.00273. The number of halogens is 1. The van der Waals surface area contributed by atoms with E-state index < -0.39 is 15.8 Å². The SMILES string of the molecule is Cc1c(F)cc(CN)cc1S(=O)(=O)NC1CCCC1C. The number of sulfonamides is 1. The Morgan fingerprint density at radius 1 is 1.40 bits per heavy atom. The zero-order valence-electron chi connectivity index (χ0n) is 11.8. The highest BCUT2D eigenvalue weighted by molar-refractivity contribution is 7.89. The molecule has 1 saturated carbocycles. The van der Waals surface area contributed by atoms with E-state index in [1.165, 1.54) is 19.1 Å². The van der Waals surface area contributed by atoms with Crippen LogP contribution >= 0.6 is 0 Å². The van der Waals surface area contributed by atoms with Gasteiger partial charge in [-0.2, -0.15) is 0 Å². The summed E-state index contributed by atoms with van der Waals surface area (Å²) in [5, 5.41) is 0. The van der Waals surface area contributed by atoms with Crippen LogP contribution in [0.25, 0.3) is 0 Å². The summed E-state index contributed by atoms with van der Waals surface area (Å²) >= 11 is 0. The maximum Gasteiger partial charge on any atom is 0.241 e. The van der Waals surface area contributed by atoms with E-state index >= 15 is 0 Å². The summed E-state index contributed by atoms with van der Waals surface area (Å²) in [5.74, 6) is -0.222. The second-order valence-electron chi connectivity index (χ2n) is 5.54. The van der Waals surface area contributed by atoms with Gasteiger partial charge in [0.1, 0.15) is 5.82 Å². The normalized spacial score (nSPS) is 23.2. The molecule has 0 aromatic heterocycles. The van der Waals surface area contributed by atoms with E-state index in [0.29, 0.717) is 11.5 Å². The van der Waals surface area contributed by atoms with E-state index in [1.807, 2.05) is 6.92 Å². The van der Waals surface area contributed by atoms with E-state index in [-0.39, 0.29) is 23.0 Å². The summed E-state index contributed by atoms with van der Waals surface area (Å²) < 4.78 is 41.4. The van der Waals surface area contributed by atoms with Crippen LogP contribution in [0.5, 0.6) is 0 Å². The lowest BCUT2D eigenvalue weighted by Crippen LogP contribution is -2.36. The molecule has 20 heavy (non-hydrogen) atoms. The summed E-state index contributed by atoms with van der Waals surface area (Å²) in [7, 11) is -3.71. The van der Waals surface area contributed by atoms with Gasteiger partial charge in [0.05, 0.1) is 4.90 Å². The lowest BCUT2D eigenvalue weighted by atomic mass is 10.1. The Labute approximate surface area is 119 Å². The van der Waals surface area contributed by atoms with Crippen LogP contribution in [0.1, 0.15) is 37.3 Å². The third-order valence-electron chi connectivity index (χ3n) is 4.05. The fourth-order valence-corrected chi connectivity index (χ4v) is 4.37. The van der Waals surface area contributed by atoms with E-state index in [0.717, 1.165) is 19.3 Å². The van der Waals surface area contributed by atoms with Gasteiger partial charge in [0.2, 0.25) is 10.0 Å². The number of hydrogen-bond donors (Lipinski definition) is 2. The molecule has 2 unspecified atom stereocenters. The van der Waals surface area contributed by atoms with Crippen molar-refractivity contribution in [3.63, 3.8) is 0 Å². The maximum atomic E-state index is 13.8. The first-order valence-electron chi connectivity index (χ1n) is 6.86. The van der Waals surface area contributed by atoms with Crippen molar-refractivity contribution in [3.8, 4) is 0 Å². The Bertz CT molecular complexity index is 601. The van der Waals surface area contributed by atoms with Crippen LogP contribution < -0.4 is 10.5 Å². The molecule has 4 nitrogen and oxygen atoms in total. The lowest BCUT2D eigenvalue weighted by molar-refractivity contribution is 0.475. The molecule has 0 bridgehead atoms. The van der Waals surface area contributed by atoms with Gasteiger partial charge in [-0.05, 0) is 43.4 Å². The number of rotatable bonds is 4. The van der Waals surface area contributed by atoms with E-state index in [2.05, 4.69) is 4.72 Å². The molecule has 0 amide bonds. The molecule has 1 aromatic carbocycles. The Balaban J connectivity index is 2.36. The largest absolute Gasteiger partial charge is 0.326 e. The Kier molecular flexibility index (Phi) is 4.46. The molecule has 0 heterocycles. The average Bonchev–Trinajstić information content (AvgIpc) is 2.77. The zero-order chi connectivity index (χ0) is 14.9. The van der Waals surface area contributed by atoms with Crippen LogP contribution in [0.2, 0.25) is 0 Å². The Hall–Kier alpha value is -0.980. The van der Waals surface area contributed by atoms with Crippen molar-refractivity contribution in [1.82, 2.24) is 4.72 Å². The molecule has 1 aromatic rings. The smallest absolute Gasteiger partial charge is 0.241 e. The third-order valence-corrected chi connectivity index (χ3v) is 5.67. The molecular formula is C14H21FN2O2S. The second-order valence-corrected chi connectivity index (χ2v) is 7.22. The second kappa shape index (κ2) is 5.79. The monoisotopic (exact) mass is 300 g/mol. The molecule has 0 radical (unpaired) electrons. The first-order valence-corrected chi connectivity index (χ1v) is 8.35. The van der Waals surface area contributed by atoms with Gasteiger partial charge in [0, 0.05) is 18.2 Å². The molecule has 1 fully saturated rings. The standard InChI is InChI=1S/C14H21FN2O2S/c1-9-4-3-5-13(9)17-20(18,19)14-7-11(8-16)6-12(15)10(14)2/h6-7,9,13,17H,3-5,8,16H2,1-2H3. The van der Waals surface area contributed by atoms with Gasteiger partial charge in [-0.1, -0.05) is 13.3 Å². The minimum atomic E-state index is -3.71. The van der Waals surface area contributed by atoms with Gasteiger partial charge >= 0.3 is 0 Å².